The van der Waals surface area contributed by atoms with Gasteiger partial charge in [0, 0.05) is 4.47 Å². The van der Waals surface area contributed by atoms with Crippen LogP contribution in [0.4, 0.5) is 0 Å². The molecule has 0 aromatic heterocycles. The fraction of sp³-hybridized carbons (Fsp3) is 0.133. The number of carbonyl (C=O) groups is 1. The Hall–Kier alpha value is -1.61. The Morgan fingerprint density at radius 2 is 2.06 bits per heavy atom. The number of rotatable bonds is 4. The second-order valence-corrected chi connectivity index (χ2v) is 4.99. The van der Waals surface area contributed by atoms with E-state index in [2.05, 4.69) is 15.9 Å². The van der Waals surface area contributed by atoms with Crippen molar-refractivity contribution in [3.05, 3.63) is 63.6 Å². The van der Waals surface area contributed by atoms with Crippen molar-refractivity contribution >= 4 is 22.2 Å². The predicted molar refractivity (Wildman–Crippen MR) is 75.0 cm³/mol. The van der Waals surface area contributed by atoms with Crippen LogP contribution in [0, 0.1) is 6.92 Å². The van der Waals surface area contributed by atoms with E-state index in [1.165, 1.54) is 0 Å². The molecule has 0 spiro atoms. The molecule has 0 saturated heterocycles. The van der Waals surface area contributed by atoms with E-state index in [1.807, 2.05) is 49.4 Å². The zero-order valence-electron chi connectivity index (χ0n) is 10.0. The van der Waals surface area contributed by atoms with Gasteiger partial charge >= 0.3 is 0 Å². The lowest BCUT2D eigenvalue weighted by molar-refractivity contribution is 0.111. The molecular formula is C15H13BrO2. The highest BCUT2D eigenvalue weighted by atomic mass is 79.9. The van der Waals surface area contributed by atoms with Crippen LogP contribution < -0.4 is 4.74 Å². The minimum absolute atomic E-state index is 0.448. The molecule has 0 aliphatic rings. The molecule has 2 aromatic rings. The first-order chi connectivity index (χ1) is 8.69. The van der Waals surface area contributed by atoms with Crippen LogP contribution in [0.2, 0.25) is 0 Å². The van der Waals surface area contributed by atoms with Gasteiger partial charge in [0.15, 0.2) is 6.29 Å². The first kappa shape index (κ1) is 12.8. The fourth-order valence-electron chi connectivity index (χ4n) is 1.68. The Morgan fingerprint density at radius 3 is 2.78 bits per heavy atom. The highest BCUT2D eigenvalue weighted by molar-refractivity contribution is 9.10. The number of hydrogen-bond acceptors (Lipinski definition) is 2. The maximum absolute atomic E-state index is 11.0. The Morgan fingerprint density at radius 1 is 1.22 bits per heavy atom. The molecule has 0 heterocycles. The molecule has 2 nitrogen and oxygen atoms in total. The van der Waals surface area contributed by atoms with Crippen molar-refractivity contribution in [2.24, 2.45) is 0 Å². The number of hydrogen-bond donors (Lipinski definition) is 0. The number of aryl methyl sites for hydroxylation is 1. The van der Waals surface area contributed by atoms with E-state index in [1.54, 1.807) is 0 Å². The summed E-state index contributed by atoms with van der Waals surface area (Å²) in [5.74, 6) is 0.621. The van der Waals surface area contributed by atoms with Gasteiger partial charge in [-0.25, -0.2) is 0 Å². The topological polar surface area (TPSA) is 26.3 Å². The van der Waals surface area contributed by atoms with Crippen LogP contribution in [0.1, 0.15) is 21.5 Å². The smallest absolute Gasteiger partial charge is 0.153 e. The van der Waals surface area contributed by atoms with Crippen molar-refractivity contribution in [2.75, 3.05) is 0 Å². The third-order valence-electron chi connectivity index (χ3n) is 2.58. The molecule has 0 radical (unpaired) electrons. The van der Waals surface area contributed by atoms with E-state index < -0.39 is 0 Å². The van der Waals surface area contributed by atoms with Crippen LogP contribution in [0.25, 0.3) is 0 Å². The van der Waals surface area contributed by atoms with Crippen LogP contribution in [0.3, 0.4) is 0 Å². The molecule has 92 valence electrons. The maximum atomic E-state index is 11.0. The van der Waals surface area contributed by atoms with E-state index in [4.69, 9.17) is 4.74 Å². The summed E-state index contributed by atoms with van der Waals surface area (Å²) < 4.78 is 6.69. The van der Waals surface area contributed by atoms with Gasteiger partial charge in [-0.2, -0.15) is 0 Å². The lowest BCUT2D eigenvalue weighted by Gasteiger charge is -2.09. The van der Waals surface area contributed by atoms with Crippen LogP contribution >= 0.6 is 15.9 Å². The van der Waals surface area contributed by atoms with Gasteiger partial charge in [0.05, 0.1) is 5.56 Å². The second-order valence-electron chi connectivity index (χ2n) is 4.08. The molecule has 2 rings (SSSR count). The number of carbonyl (C=O) groups excluding carboxylic acids is 1. The third kappa shape index (κ3) is 3.20. The van der Waals surface area contributed by atoms with Crippen molar-refractivity contribution in [2.45, 2.75) is 13.5 Å². The standard InChI is InChI=1S/C15H13BrO2/c1-11-5-6-15(13(7-11)9-17)18-10-12-3-2-4-14(16)8-12/h2-9H,10H2,1H3. The van der Waals surface area contributed by atoms with E-state index in [0.717, 1.165) is 21.9 Å². The molecule has 0 atom stereocenters. The molecule has 0 aliphatic carbocycles. The third-order valence-corrected chi connectivity index (χ3v) is 3.07. The Labute approximate surface area is 115 Å². The van der Waals surface area contributed by atoms with Gasteiger partial charge in [0.25, 0.3) is 0 Å². The van der Waals surface area contributed by atoms with E-state index in [-0.39, 0.29) is 0 Å². The Kier molecular flexibility index (Phi) is 4.15. The normalized spacial score (nSPS) is 10.1. The van der Waals surface area contributed by atoms with Crippen molar-refractivity contribution in [3.8, 4) is 5.75 Å². The molecule has 18 heavy (non-hydrogen) atoms. The van der Waals surface area contributed by atoms with Crippen LogP contribution in [0.5, 0.6) is 5.75 Å². The SMILES string of the molecule is Cc1ccc(OCc2cccc(Br)c2)c(C=O)c1. The summed E-state index contributed by atoms with van der Waals surface area (Å²) in [5.41, 5.74) is 2.69. The zero-order chi connectivity index (χ0) is 13.0. The monoisotopic (exact) mass is 304 g/mol. The van der Waals surface area contributed by atoms with Crippen molar-refractivity contribution in [1.82, 2.24) is 0 Å². The molecule has 0 saturated carbocycles. The van der Waals surface area contributed by atoms with E-state index in [9.17, 15) is 4.79 Å². The molecule has 2 aromatic carbocycles. The van der Waals surface area contributed by atoms with Crippen molar-refractivity contribution in [3.63, 3.8) is 0 Å². The predicted octanol–water partition coefficient (Wildman–Crippen LogP) is 4.15. The molecule has 0 bridgehead atoms. The summed E-state index contributed by atoms with van der Waals surface area (Å²) in [6.07, 6.45) is 0.823. The van der Waals surface area contributed by atoms with Crippen molar-refractivity contribution < 1.29 is 9.53 Å². The van der Waals surface area contributed by atoms with E-state index >= 15 is 0 Å². The average molecular weight is 305 g/mol. The number of ether oxygens (including phenoxy) is 1. The lowest BCUT2D eigenvalue weighted by Crippen LogP contribution is -1.98. The van der Waals surface area contributed by atoms with Crippen molar-refractivity contribution in [1.29, 1.82) is 0 Å². The quantitative estimate of drug-likeness (QED) is 0.793. The van der Waals surface area contributed by atoms with Crippen LogP contribution in [-0.2, 0) is 6.61 Å². The van der Waals surface area contributed by atoms with Gasteiger partial charge in [-0.05, 0) is 36.8 Å². The van der Waals surface area contributed by atoms with Gasteiger partial charge in [0.2, 0.25) is 0 Å². The second kappa shape index (κ2) is 5.83. The van der Waals surface area contributed by atoms with Crippen LogP contribution in [-0.4, -0.2) is 6.29 Å². The minimum atomic E-state index is 0.448. The van der Waals surface area contributed by atoms with Crippen LogP contribution in [0.15, 0.2) is 46.9 Å². The van der Waals surface area contributed by atoms with Gasteiger partial charge in [-0.15, -0.1) is 0 Å². The molecule has 0 amide bonds. The first-order valence-electron chi connectivity index (χ1n) is 5.62. The van der Waals surface area contributed by atoms with Gasteiger partial charge in [-0.1, -0.05) is 39.7 Å². The van der Waals surface area contributed by atoms with Gasteiger partial charge in [0.1, 0.15) is 12.4 Å². The number of benzene rings is 2. The lowest BCUT2D eigenvalue weighted by atomic mass is 10.1. The minimum Gasteiger partial charge on any atom is -0.488 e. The summed E-state index contributed by atoms with van der Waals surface area (Å²) in [6, 6.07) is 13.5. The number of aldehydes is 1. The summed E-state index contributed by atoms with van der Waals surface area (Å²) in [6.45, 7) is 2.40. The summed E-state index contributed by atoms with van der Waals surface area (Å²) in [4.78, 5) is 11.0. The summed E-state index contributed by atoms with van der Waals surface area (Å²) in [7, 11) is 0. The molecule has 0 unspecified atom stereocenters. The zero-order valence-corrected chi connectivity index (χ0v) is 11.6. The van der Waals surface area contributed by atoms with Gasteiger partial charge in [-0.3, -0.25) is 4.79 Å². The summed E-state index contributed by atoms with van der Waals surface area (Å²) in [5, 5.41) is 0. The Balaban J connectivity index is 2.13. The van der Waals surface area contributed by atoms with Gasteiger partial charge < -0.3 is 4.74 Å². The van der Waals surface area contributed by atoms with E-state index in [0.29, 0.717) is 17.9 Å². The summed E-state index contributed by atoms with van der Waals surface area (Å²) >= 11 is 3.41. The largest absolute Gasteiger partial charge is 0.488 e. The fourth-order valence-corrected chi connectivity index (χ4v) is 2.13. The highest BCUT2D eigenvalue weighted by Gasteiger charge is 2.03. The average Bonchev–Trinajstić information content (AvgIpc) is 2.37. The number of halogens is 1. The molecule has 0 N–H and O–H groups in total. The first-order valence-corrected chi connectivity index (χ1v) is 6.41. The molecule has 0 aliphatic heterocycles. The maximum Gasteiger partial charge on any atom is 0.153 e. The molecule has 0 fully saturated rings. The Bertz CT molecular complexity index is 564. The molecule has 3 heteroatoms. The molecular weight excluding hydrogens is 292 g/mol. The highest BCUT2D eigenvalue weighted by Crippen LogP contribution is 2.20.